The second kappa shape index (κ2) is 4.09. The third kappa shape index (κ3) is 2.04. The van der Waals surface area contributed by atoms with Gasteiger partial charge in [-0.25, -0.2) is 0 Å². The molecule has 1 aromatic rings. The lowest BCUT2D eigenvalue weighted by atomic mass is 9.72. The van der Waals surface area contributed by atoms with E-state index in [9.17, 15) is 4.79 Å². The highest BCUT2D eigenvalue weighted by atomic mass is 16.4. The van der Waals surface area contributed by atoms with Crippen molar-refractivity contribution in [3.63, 3.8) is 0 Å². The number of nitrogens with zero attached hydrogens (tertiary/aromatic N) is 1. The van der Waals surface area contributed by atoms with Gasteiger partial charge in [-0.3, -0.25) is 4.79 Å². The summed E-state index contributed by atoms with van der Waals surface area (Å²) in [5.41, 5.74) is 0. The number of carboxylic acids is 1. The molecule has 1 N–H and O–H groups in total. The summed E-state index contributed by atoms with van der Waals surface area (Å²) in [4.78, 5) is 13.3. The Bertz CT molecular complexity index is 387. The van der Waals surface area contributed by atoms with Crippen LogP contribution >= 0.6 is 0 Å². The van der Waals surface area contributed by atoms with Gasteiger partial charge in [-0.2, -0.15) is 0 Å². The molecule has 3 rings (SSSR count). The van der Waals surface area contributed by atoms with Crippen LogP contribution in [-0.2, 0) is 4.79 Å². The summed E-state index contributed by atoms with van der Waals surface area (Å²) >= 11 is 0. The predicted molar refractivity (Wildman–Crippen MR) is 62.9 cm³/mol. The van der Waals surface area contributed by atoms with Crippen LogP contribution in [0.25, 0.3) is 0 Å². The van der Waals surface area contributed by atoms with Crippen molar-refractivity contribution >= 4 is 11.9 Å². The van der Waals surface area contributed by atoms with Crippen molar-refractivity contribution in [2.75, 3.05) is 18.0 Å². The van der Waals surface area contributed by atoms with E-state index in [1.165, 1.54) is 6.42 Å². The van der Waals surface area contributed by atoms with E-state index >= 15 is 0 Å². The molecule has 4 heteroatoms. The van der Waals surface area contributed by atoms with E-state index in [0.29, 0.717) is 11.8 Å². The minimum atomic E-state index is -0.619. The van der Waals surface area contributed by atoms with E-state index < -0.39 is 5.97 Å². The fourth-order valence-electron chi connectivity index (χ4n) is 3.39. The Kier molecular flexibility index (Phi) is 2.57. The molecule has 92 valence electrons. The smallest absolute Gasteiger partial charge is 0.306 e. The fraction of sp³-hybridized carbons (Fsp3) is 0.615. The summed E-state index contributed by atoms with van der Waals surface area (Å²) in [6, 6.07) is 3.88. The van der Waals surface area contributed by atoms with Crippen molar-refractivity contribution in [2.24, 2.45) is 17.8 Å². The summed E-state index contributed by atoms with van der Waals surface area (Å²) in [7, 11) is 0. The molecule has 0 aromatic carbocycles. The second-order valence-electron chi connectivity index (χ2n) is 5.33. The molecule has 2 heterocycles. The molecule has 2 unspecified atom stereocenters. The summed E-state index contributed by atoms with van der Waals surface area (Å²) < 4.78 is 5.42. The van der Waals surface area contributed by atoms with E-state index in [4.69, 9.17) is 9.52 Å². The SMILES string of the molecule is O=C(O)C1CC2CC(C1)CN(c1ccco1)C2. The zero-order valence-electron chi connectivity index (χ0n) is 9.71. The van der Waals surface area contributed by atoms with E-state index in [1.54, 1.807) is 6.26 Å². The molecule has 2 aliphatic rings. The molecule has 1 aromatic heterocycles. The van der Waals surface area contributed by atoms with Gasteiger partial charge in [-0.1, -0.05) is 0 Å². The topological polar surface area (TPSA) is 53.7 Å². The van der Waals surface area contributed by atoms with Crippen LogP contribution in [0.3, 0.4) is 0 Å². The maximum absolute atomic E-state index is 11.1. The van der Waals surface area contributed by atoms with Gasteiger partial charge in [0.25, 0.3) is 0 Å². The van der Waals surface area contributed by atoms with Crippen molar-refractivity contribution in [2.45, 2.75) is 19.3 Å². The Balaban J connectivity index is 1.72. The molecule has 0 spiro atoms. The highest BCUT2D eigenvalue weighted by molar-refractivity contribution is 5.70. The van der Waals surface area contributed by atoms with Crippen molar-refractivity contribution in [3.05, 3.63) is 18.4 Å². The largest absolute Gasteiger partial charge is 0.481 e. The molecule has 2 atom stereocenters. The van der Waals surface area contributed by atoms with Crippen molar-refractivity contribution < 1.29 is 14.3 Å². The summed E-state index contributed by atoms with van der Waals surface area (Å²) in [6.45, 7) is 1.88. The Morgan fingerprint density at radius 1 is 1.29 bits per heavy atom. The molecule has 2 fully saturated rings. The lowest BCUT2D eigenvalue weighted by Gasteiger charge is -2.43. The Labute approximate surface area is 100 Å². The Morgan fingerprint density at radius 2 is 2.00 bits per heavy atom. The van der Waals surface area contributed by atoms with Gasteiger partial charge in [-0.15, -0.1) is 0 Å². The molecule has 0 radical (unpaired) electrons. The third-order valence-corrected chi connectivity index (χ3v) is 4.03. The minimum Gasteiger partial charge on any atom is -0.481 e. The molecule has 17 heavy (non-hydrogen) atoms. The van der Waals surface area contributed by atoms with Crippen LogP contribution in [0.2, 0.25) is 0 Å². The van der Waals surface area contributed by atoms with E-state index in [2.05, 4.69) is 4.90 Å². The van der Waals surface area contributed by atoms with Crippen LogP contribution in [0, 0.1) is 17.8 Å². The predicted octanol–water partition coefficient (Wildman–Crippen LogP) is 2.22. The average molecular weight is 235 g/mol. The van der Waals surface area contributed by atoms with Crippen LogP contribution in [-0.4, -0.2) is 24.2 Å². The number of anilines is 1. The first-order valence-electron chi connectivity index (χ1n) is 6.23. The zero-order chi connectivity index (χ0) is 11.8. The van der Waals surface area contributed by atoms with Gasteiger partial charge in [-0.05, 0) is 37.2 Å². The molecule has 0 amide bonds. The molecule has 1 saturated carbocycles. The maximum atomic E-state index is 11.1. The number of hydrogen-bond donors (Lipinski definition) is 1. The Hall–Kier alpha value is -1.45. The first-order valence-corrected chi connectivity index (χ1v) is 6.23. The van der Waals surface area contributed by atoms with Crippen LogP contribution in [0.5, 0.6) is 0 Å². The van der Waals surface area contributed by atoms with Gasteiger partial charge < -0.3 is 14.4 Å². The monoisotopic (exact) mass is 235 g/mol. The molecule has 1 saturated heterocycles. The fourth-order valence-corrected chi connectivity index (χ4v) is 3.39. The minimum absolute atomic E-state index is 0.127. The number of furan rings is 1. The van der Waals surface area contributed by atoms with E-state index in [0.717, 1.165) is 31.8 Å². The first kappa shape index (κ1) is 10.7. The van der Waals surface area contributed by atoms with Crippen molar-refractivity contribution in [3.8, 4) is 0 Å². The first-order chi connectivity index (χ1) is 8.22. The standard InChI is InChI=1S/C13H17NO3/c15-13(16)11-5-9-4-10(6-11)8-14(7-9)12-2-1-3-17-12/h1-3,9-11H,4-8H2,(H,15,16). The molecule has 2 bridgehead atoms. The lowest BCUT2D eigenvalue weighted by molar-refractivity contribution is -0.144. The quantitative estimate of drug-likeness (QED) is 0.854. The van der Waals surface area contributed by atoms with Crippen LogP contribution in [0.15, 0.2) is 22.8 Å². The number of fused-ring (bicyclic) bond motifs is 2. The van der Waals surface area contributed by atoms with Crippen LogP contribution < -0.4 is 4.90 Å². The lowest BCUT2D eigenvalue weighted by Crippen LogP contribution is -2.45. The third-order valence-electron chi connectivity index (χ3n) is 4.03. The highest BCUT2D eigenvalue weighted by Gasteiger charge is 2.38. The maximum Gasteiger partial charge on any atom is 0.306 e. The van der Waals surface area contributed by atoms with Gasteiger partial charge in [0, 0.05) is 19.2 Å². The van der Waals surface area contributed by atoms with E-state index in [1.807, 2.05) is 12.1 Å². The molecular weight excluding hydrogens is 218 g/mol. The second-order valence-corrected chi connectivity index (χ2v) is 5.33. The molecule has 1 aliphatic heterocycles. The van der Waals surface area contributed by atoms with Crippen molar-refractivity contribution in [1.29, 1.82) is 0 Å². The summed E-state index contributed by atoms with van der Waals surface area (Å²) in [5, 5.41) is 9.11. The molecule has 1 aliphatic carbocycles. The number of carbonyl (C=O) groups is 1. The average Bonchev–Trinajstić information content (AvgIpc) is 2.80. The molecular formula is C13H17NO3. The number of piperidine rings is 1. The zero-order valence-corrected chi connectivity index (χ0v) is 9.71. The van der Waals surface area contributed by atoms with Gasteiger partial charge in [0.1, 0.15) is 0 Å². The Morgan fingerprint density at radius 3 is 2.53 bits per heavy atom. The number of aliphatic carboxylic acids is 1. The van der Waals surface area contributed by atoms with E-state index in [-0.39, 0.29) is 5.92 Å². The van der Waals surface area contributed by atoms with Gasteiger partial charge in [0.05, 0.1) is 12.2 Å². The van der Waals surface area contributed by atoms with Crippen LogP contribution in [0.4, 0.5) is 5.88 Å². The highest BCUT2D eigenvalue weighted by Crippen LogP contribution is 2.39. The summed E-state index contributed by atoms with van der Waals surface area (Å²) in [6.07, 6.45) is 4.52. The number of hydrogen-bond acceptors (Lipinski definition) is 3. The van der Waals surface area contributed by atoms with Crippen molar-refractivity contribution in [1.82, 2.24) is 0 Å². The van der Waals surface area contributed by atoms with Crippen LogP contribution in [0.1, 0.15) is 19.3 Å². The van der Waals surface area contributed by atoms with Gasteiger partial charge in [0.2, 0.25) is 0 Å². The normalized spacial score (nSPS) is 32.5. The number of rotatable bonds is 2. The van der Waals surface area contributed by atoms with Gasteiger partial charge >= 0.3 is 5.97 Å². The summed E-state index contributed by atoms with van der Waals surface area (Å²) in [5.74, 6) is 1.19. The van der Waals surface area contributed by atoms with Gasteiger partial charge in [0.15, 0.2) is 5.88 Å². The molecule has 4 nitrogen and oxygen atoms in total. The number of carboxylic acid groups (broad SMARTS) is 1.